The van der Waals surface area contributed by atoms with Gasteiger partial charge in [0.05, 0.1) is 31.7 Å². The first-order valence-corrected chi connectivity index (χ1v) is 6.77. The minimum atomic E-state index is -0.714. The van der Waals surface area contributed by atoms with Gasteiger partial charge in [0.2, 0.25) is 5.91 Å². The summed E-state index contributed by atoms with van der Waals surface area (Å²) in [6.07, 6.45) is 2.48. The molecule has 6 nitrogen and oxygen atoms in total. The fraction of sp³-hybridized carbons (Fsp3) is 0.500. The van der Waals surface area contributed by atoms with Gasteiger partial charge in [0, 0.05) is 5.56 Å². The highest BCUT2D eigenvalue weighted by molar-refractivity contribution is 5.98. The summed E-state index contributed by atoms with van der Waals surface area (Å²) in [5, 5.41) is 2.65. The lowest BCUT2D eigenvalue weighted by Crippen LogP contribution is -2.48. The molecule has 0 unspecified atom stereocenters. The zero-order valence-electron chi connectivity index (χ0n) is 12.2. The van der Waals surface area contributed by atoms with E-state index in [0.29, 0.717) is 12.1 Å². The molecule has 2 atom stereocenters. The Hall–Kier alpha value is -2.18. The summed E-state index contributed by atoms with van der Waals surface area (Å²) in [4.78, 5) is 29.4. The number of carbonyl (C=O) groups is 2. The third-order valence-electron chi connectivity index (χ3n) is 3.79. The van der Waals surface area contributed by atoms with Crippen molar-refractivity contribution in [2.24, 2.45) is 5.92 Å². The van der Waals surface area contributed by atoms with E-state index in [4.69, 9.17) is 4.74 Å². The fourth-order valence-corrected chi connectivity index (χ4v) is 2.43. The van der Waals surface area contributed by atoms with Gasteiger partial charge in [-0.1, -0.05) is 20.3 Å². The van der Waals surface area contributed by atoms with Crippen LogP contribution in [0.2, 0.25) is 0 Å². The van der Waals surface area contributed by atoms with E-state index in [1.54, 1.807) is 0 Å². The van der Waals surface area contributed by atoms with Crippen LogP contribution >= 0.6 is 0 Å². The lowest BCUT2D eigenvalue weighted by molar-refractivity contribution is -0.122. The van der Waals surface area contributed by atoms with Gasteiger partial charge in [-0.2, -0.15) is 0 Å². The van der Waals surface area contributed by atoms with Gasteiger partial charge >= 0.3 is 6.09 Å². The van der Waals surface area contributed by atoms with Crippen molar-refractivity contribution in [1.82, 2.24) is 9.88 Å². The van der Waals surface area contributed by atoms with Crippen molar-refractivity contribution in [3.63, 3.8) is 0 Å². The lowest BCUT2D eigenvalue weighted by atomic mass is 9.97. The molecule has 0 saturated carbocycles. The van der Waals surface area contributed by atoms with Crippen LogP contribution in [-0.2, 0) is 16.1 Å². The van der Waals surface area contributed by atoms with Crippen molar-refractivity contribution < 1.29 is 18.7 Å². The number of hydrogen-bond donors (Lipinski definition) is 1. The van der Waals surface area contributed by atoms with Gasteiger partial charge in [-0.25, -0.2) is 9.18 Å². The van der Waals surface area contributed by atoms with Gasteiger partial charge < -0.3 is 10.1 Å². The summed E-state index contributed by atoms with van der Waals surface area (Å²) in [5.41, 5.74) is 0.522. The van der Waals surface area contributed by atoms with Crippen molar-refractivity contribution in [3.8, 4) is 0 Å². The summed E-state index contributed by atoms with van der Waals surface area (Å²) in [7, 11) is 1.24. The minimum Gasteiger partial charge on any atom is -0.453 e. The van der Waals surface area contributed by atoms with Crippen LogP contribution in [0.4, 0.5) is 14.9 Å². The summed E-state index contributed by atoms with van der Waals surface area (Å²) in [6, 6.07) is -0.714. The Morgan fingerprint density at radius 2 is 2.33 bits per heavy atom. The van der Waals surface area contributed by atoms with Crippen LogP contribution in [0.5, 0.6) is 0 Å². The number of nitrogens with zero attached hydrogens (tertiary/aromatic N) is 2. The molecule has 1 aliphatic heterocycles. The maximum atomic E-state index is 13.9. The second kappa shape index (κ2) is 6.07. The number of halogens is 1. The van der Waals surface area contributed by atoms with E-state index in [9.17, 15) is 14.0 Å². The highest BCUT2D eigenvalue weighted by atomic mass is 19.1. The van der Waals surface area contributed by atoms with Crippen LogP contribution in [0.15, 0.2) is 12.4 Å². The zero-order valence-corrected chi connectivity index (χ0v) is 12.2. The molecule has 1 aromatic rings. The van der Waals surface area contributed by atoms with Crippen molar-refractivity contribution in [3.05, 3.63) is 23.8 Å². The number of carbonyl (C=O) groups excluding carboxylic acids is 2. The average Bonchev–Trinajstić information content (AvgIpc) is 2.62. The van der Waals surface area contributed by atoms with Gasteiger partial charge in [0.1, 0.15) is 11.9 Å². The second-order valence-electron chi connectivity index (χ2n) is 5.06. The Morgan fingerprint density at radius 1 is 1.62 bits per heavy atom. The molecule has 0 aromatic carbocycles. The standard InChI is InChI=1S/C14H18FN3O3/c1-4-8(2)12-13(19)17-11-6-16-5-10(15)9(11)7-18(12)14(20)21-3/h5-6,8,12H,4,7H2,1-3H3,(H,17,19)/t8-,12-/m0/s1. The molecule has 2 rings (SSSR count). The largest absolute Gasteiger partial charge is 0.453 e. The molecule has 0 bridgehead atoms. The molecule has 0 fully saturated rings. The number of anilines is 1. The van der Waals surface area contributed by atoms with Crippen LogP contribution in [0.3, 0.4) is 0 Å². The SMILES string of the molecule is CC[C@H](C)[C@H]1C(=O)Nc2cncc(F)c2CN1C(=O)OC. The monoisotopic (exact) mass is 295 g/mol. The van der Waals surface area contributed by atoms with E-state index in [2.05, 4.69) is 10.3 Å². The highest BCUT2D eigenvalue weighted by Crippen LogP contribution is 2.28. The summed E-state index contributed by atoms with van der Waals surface area (Å²) >= 11 is 0. The number of hydrogen-bond acceptors (Lipinski definition) is 4. The molecule has 7 heteroatoms. The van der Waals surface area contributed by atoms with E-state index >= 15 is 0 Å². The second-order valence-corrected chi connectivity index (χ2v) is 5.06. The van der Waals surface area contributed by atoms with Gasteiger partial charge in [0.15, 0.2) is 0 Å². The number of amides is 2. The summed E-state index contributed by atoms with van der Waals surface area (Å²) in [6.45, 7) is 3.75. The predicted molar refractivity (Wildman–Crippen MR) is 74.0 cm³/mol. The van der Waals surface area contributed by atoms with Crippen molar-refractivity contribution in [2.45, 2.75) is 32.9 Å². The van der Waals surface area contributed by atoms with E-state index < -0.39 is 18.0 Å². The number of pyridine rings is 1. The number of methoxy groups -OCH3 is 1. The van der Waals surface area contributed by atoms with Crippen LogP contribution in [0.1, 0.15) is 25.8 Å². The number of fused-ring (bicyclic) bond motifs is 1. The van der Waals surface area contributed by atoms with Crippen LogP contribution in [0.25, 0.3) is 0 Å². The maximum Gasteiger partial charge on any atom is 0.410 e. The summed E-state index contributed by atoms with van der Waals surface area (Å²) < 4.78 is 18.7. The van der Waals surface area contributed by atoms with E-state index in [1.807, 2.05) is 13.8 Å². The first-order chi connectivity index (χ1) is 9.99. The molecule has 1 aliphatic rings. The molecular formula is C14H18FN3O3. The number of rotatable bonds is 2. The third-order valence-corrected chi connectivity index (χ3v) is 3.79. The van der Waals surface area contributed by atoms with E-state index in [1.165, 1.54) is 18.2 Å². The van der Waals surface area contributed by atoms with E-state index in [0.717, 1.165) is 6.20 Å². The quantitative estimate of drug-likeness (QED) is 0.907. The number of ether oxygens (including phenoxy) is 1. The van der Waals surface area contributed by atoms with Gasteiger partial charge in [-0.05, 0) is 5.92 Å². The predicted octanol–water partition coefficient (Wildman–Crippen LogP) is 2.16. The van der Waals surface area contributed by atoms with Crippen LogP contribution in [0, 0.1) is 11.7 Å². The topological polar surface area (TPSA) is 71.5 Å². The molecule has 2 heterocycles. The molecular weight excluding hydrogens is 277 g/mol. The number of aromatic nitrogens is 1. The molecule has 114 valence electrons. The molecule has 0 saturated heterocycles. The molecule has 0 spiro atoms. The first-order valence-electron chi connectivity index (χ1n) is 6.77. The normalized spacial score (nSPS) is 19.3. The van der Waals surface area contributed by atoms with Crippen molar-refractivity contribution in [1.29, 1.82) is 0 Å². The molecule has 0 radical (unpaired) electrons. The van der Waals surface area contributed by atoms with Gasteiger partial charge in [-0.3, -0.25) is 14.7 Å². The highest BCUT2D eigenvalue weighted by Gasteiger charge is 2.38. The Kier molecular flexibility index (Phi) is 4.40. The van der Waals surface area contributed by atoms with E-state index in [-0.39, 0.29) is 23.9 Å². The molecule has 0 aliphatic carbocycles. The Balaban J connectivity index is 2.49. The summed E-state index contributed by atoms with van der Waals surface area (Å²) in [5.74, 6) is -1.01. The molecule has 1 aromatic heterocycles. The molecule has 2 amide bonds. The Bertz CT molecular complexity index is 564. The third kappa shape index (κ3) is 2.81. The number of nitrogens with one attached hydrogen (secondary N) is 1. The van der Waals surface area contributed by atoms with Gasteiger partial charge in [0.25, 0.3) is 0 Å². The maximum absolute atomic E-state index is 13.9. The molecule has 1 N–H and O–H groups in total. The lowest BCUT2D eigenvalue weighted by Gasteiger charge is -2.31. The van der Waals surface area contributed by atoms with Crippen LogP contribution in [-0.4, -0.2) is 35.0 Å². The fourth-order valence-electron chi connectivity index (χ4n) is 2.43. The molecule has 21 heavy (non-hydrogen) atoms. The minimum absolute atomic E-state index is 0.0376. The zero-order chi connectivity index (χ0) is 15.6. The van der Waals surface area contributed by atoms with Crippen LogP contribution < -0.4 is 5.32 Å². The van der Waals surface area contributed by atoms with Gasteiger partial charge in [-0.15, -0.1) is 0 Å². The Morgan fingerprint density at radius 3 is 2.95 bits per heavy atom. The average molecular weight is 295 g/mol. The Labute approximate surface area is 122 Å². The van der Waals surface area contributed by atoms with Crippen molar-refractivity contribution in [2.75, 3.05) is 12.4 Å². The van der Waals surface area contributed by atoms with Crippen molar-refractivity contribution >= 4 is 17.7 Å². The smallest absolute Gasteiger partial charge is 0.410 e. The first kappa shape index (κ1) is 15.2.